The van der Waals surface area contributed by atoms with Crippen molar-refractivity contribution in [2.75, 3.05) is 13.1 Å². The maximum atomic E-state index is 12.8. The van der Waals surface area contributed by atoms with Crippen LogP contribution in [0.15, 0.2) is 24.3 Å². The van der Waals surface area contributed by atoms with Gasteiger partial charge in [0.2, 0.25) is 5.91 Å². The van der Waals surface area contributed by atoms with Crippen molar-refractivity contribution in [3.8, 4) is 0 Å². The van der Waals surface area contributed by atoms with Crippen molar-refractivity contribution in [2.24, 2.45) is 0 Å². The highest BCUT2D eigenvalue weighted by Gasteiger charge is 2.36. The number of nitro benzene ring substituents is 1. The average molecular weight is 345 g/mol. The van der Waals surface area contributed by atoms with E-state index in [1.807, 2.05) is 4.90 Å². The van der Waals surface area contributed by atoms with Crippen molar-refractivity contribution in [2.45, 2.75) is 64.1 Å². The number of piperidine rings is 1. The minimum atomic E-state index is -0.408. The Bertz CT molecular complexity index is 639. The zero-order valence-electron chi connectivity index (χ0n) is 15.1. The fourth-order valence-electron chi connectivity index (χ4n) is 4.47. The topological polar surface area (TPSA) is 66.7 Å². The minimum absolute atomic E-state index is 0.00139. The second-order valence-electron chi connectivity index (χ2n) is 7.42. The number of hydrogen-bond donors (Lipinski definition) is 0. The van der Waals surface area contributed by atoms with E-state index in [-0.39, 0.29) is 18.0 Å². The lowest BCUT2D eigenvalue weighted by Gasteiger charge is -2.41. The van der Waals surface area contributed by atoms with E-state index >= 15 is 0 Å². The Hall–Kier alpha value is -1.95. The van der Waals surface area contributed by atoms with Gasteiger partial charge < -0.3 is 4.90 Å². The first kappa shape index (κ1) is 17.9. The van der Waals surface area contributed by atoms with Crippen LogP contribution in [-0.4, -0.2) is 51.8 Å². The Kier molecular flexibility index (Phi) is 5.37. The quantitative estimate of drug-likeness (QED) is 0.621. The van der Waals surface area contributed by atoms with Gasteiger partial charge in [-0.3, -0.25) is 19.8 Å². The van der Waals surface area contributed by atoms with Crippen molar-refractivity contribution >= 4 is 11.6 Å². The van der Waals surface area contributed by atoms with Gasteiger partial charge in [0, 0.05) is 42.8 Å². The van der Waals surface area contributed by atoms with E-state index < -0.39 is 4.92 Å². The molecule has 2 heterocycles. The Morgan fingerprint density at radius 2 is 1.88 bits per heavy atom. The van der Waals surface area contributed by atoms with Crippen molar-refractivity contribution in [1.29, 1.82) is 0 Å². The molecule has 2 saturated heterocycles. The monoisotopic (exact) mass is 345 g/mol. The molecular weight excluding hydrogens is 318 g/mol. The maximum absolute atomic E-state index is 12.8. The van der Waals surface area contributed by atoms with E-state index in [0.717, 1.165) is 25.9 Å². The van der Waals surface area contributed by atoms with Gasteiger partial charge in [-0.25, -0.2) is 0 Å². The van der Waals surface area contributed by atoms with E-state index in [2.05, 4.69) is 18.7 Å². The third-order valence-corrected chi connectivity index (χ3v) is 5.72. The Morgan fingerprint density at radius 1 is 1.20 bits per heavy atom. The lowest BCUT2D eigenvalue weighted by Crippen LogP contribution is -2.52. The van der Waals surface area contributed by atoms with Gasteiger partial charge >= 0.3 is 0 Å². The lowest BCUT2D eigenvalue weighted by molar-refractivity contribution is -0.385. The van der Waals surface area contributed by atoms with E-state index in [9.17, 15) is 14.9 Å². The summed E-state index contributed by atoms with van der Waals surface area (Å²) in [5.74, 6) is -0.00139. The number of carbonyl (C=O) groups is 1. The maximum Gasteiger partial charge on any atom is 0.273 e. The van der Waals surface area contributed by atoms with Crippen LogP contribution in [0.3, 0.4) is 0 Å². The molecule has 3 atom stereocenters. The zero-order chi connectivity index (χ0) is 18.0. The minimum Gasteiger partial charge on any atom is -0.341 e. The first-order valence-electron chi connectivity index (χ1n) is 9.25. The summed E-state index contributed by atoms with van der Waals surface area (Å²) in [7, 11) is 0. The fourth-order valence-corrected chi connectivity index (χ4v) is 4.47. The number of amides is 1. The molecule has 0 N–H and O–H groups in total. The molecule has 0 bridgehead atoms. The number of benzene rings is 1. The summed E-state index contributed by atoms with van der Waals surface area (Å²) in [5.41, 5.74) is 0.536. The molecule has 1 aromatic rings. The Balaban J connectivity index is 1.67. The number of nitrogens with zero attached hydrogens (tertiary/aromatic N) is 3. The molecule has 0 unspecified atom stereocenters. The van der Waals surface area contributed by atoms with Gasteiger partial charge in [-0.15, -0.1) is 0 Å². The third kappa shape index (κ3) is 3.84. The molecule has 2 aliphatic heterocycles. The van der Waals surface area contributed by atoms with Gasteiger partial charge in [-0.1, -0.05) is 18.2 Å². The highest BCUT2D eigenvalue weighted by molar-refractivity contribution is 5.80. The fraction of sp³-hybridized carbons (Fsp3) is 0.632. The van der Waals surface area contributed by atoms with Crippen LogP contribution in [0.5, 0.6) is 0 Å². The van der Waals surface area contributed by atoms with Gasteiger partial charge in [-0.05, 0) is 39.5 Å². The molecule has 6 heteroatoms. The predicted molar refractivity (Wildman–Crippen MR) is 96.4 cm³/mol. The average Bonchev–Trinajstić information content (AvgIpc) is 2.94. The largest absolute Gasteiger partial charge is 0.341 e. The predicted octanol–water partition coefficient (Wildman–Crippen LogP) is 3.00. The van der Waals surface area contributed by atoms with Crippen LogP contribution in [0.1, 0.15) is 45.1 Å². The molecule has 136 valence electrons. The zero-order valence-corrected chi connectivity index (χ0v) is 15.1. The Labute approximate surface area is 148 Å². The number of carbonyl (C=O) groups excluding carboxylic acids is 1. The number of hydrogen-bond acceptors (Lipinski definition) is 4. The number of nitro groups is 1. The van der Waals surface area contributed by atoms with Gasteiger partial charge in [0.1, 0.15) is 0 Å². The molecular formula is C19H27N3O3. The van der Waals surface area contributed by atoms with Crippen molar-refractivity contribution in [3.05, 3.63) is 39.9 Å². The summed E-state index contributed by atoms with van der Waals surface area (Å²) in [5, 5.41) is 11.2. The number of likely N-dealkylation sites (tertiary alicyclic amines) is 2. The Morgan fingerprint density at radius 3 is 2.56 bits per heavy atom. The van der Waals surface area contributed by atoms with Gasteiger partial charge in [0.25, 0.3) is 5.69 Å². The molecule has 25 heavy (non-hydrogen) atoms. The standard InChI is InChI=1S/C19H27N3O3/c1-14-9-10-15(2)21(14)17-7-5-11-20(13-17)19(23)12-16-6-3-4-8-18(16)22(24)25/h3-4,6,8,14-15,17H,5,7,9-13H2,1-2H3/t14-,15-,17+/m1/s1. The summed E-state index contributed by atoms with van der Waals surface area (Å²) < 4.78 is 0. The summed E-state index contributed by atoms with van der Waals surface area (Å²) in [6.45, 7) is 6.05. The van der Waals surface area contributed by atoms with Gasteiger partial charge in [-0.2, -0.15) is 0 Å². The van der Waals surface area contributed by atoms with Crippen LogP contribution in [0.4, 0.5) is 5.69 Å². The summed E-state index contributed by atoms with van der Waals surface area (Å²) in [6, 6.07) is 8.10. The van der Waals surface area contributed by atoms with E-state index in [4.69, 9.17) is 0 Å². The second-order valence-corrected chi connectivity index (χ2v) is 7.42. The molecule has 1 amide bonds. The molecule has 0 aliphatic carbocycles. The van der Waals surface area contributed by atoms with Crippen LogP contribution in [0, 0.1) is 10.1 Å². The third-order valence-electron chi connectivity index (χ3n) is 5.72. The van der Waals surface area contributed by atoms with E-state index in [1.54, 1.807) is 18.2 Å². The van der Waals surface area contributed by atoms with Crippen LogP contribution < -0.4 is 0 Å². The summed E-state index contributed by atoms with van der Waals surface area (Å²) in [6.07, 6.45) is 4.69. The van der Waals surface area contributed by atoms with Gasteiger partial charge in [0.05, 0.1) is 11.3 Å². The molecule has 1 aromatic carbocycles. The molecule has 0 radical (unpaired) electrons. The van der Waals surface area contributed by atoms with Crippen LogP contribution in [-0.2, 0) is 11.2 Å². The summed E-state index contributed by atoms with van der Waals surface area (Å²) >= 11 is 0. The van der Waals surface area contributed by atoms with E-state index in [1.165, 1.54) is 18.9 Å². The molecule has 2 aliphatic rings. The normalized spacial score (nSPS) is 27.4. The highest BCUT2D eigenvalue weighted by Crippen LogP contribution is 2.30. The SMILES string of the molecule is C[C@@H]1CC[C@@H](C)N1[C@H]1CCCN(C(=O)Cc2ccccc2[N+](=O)[O-])C1. The smallest absolute Gasteiger partial charge is 0.273 e. The molecule has 0 aromatic heterocycles. The molecule has 0 saturated carbocycles. The molecule has 0 spiro atoms. The number of para-hydroxylation sites is 1. The van der Waals surface area contributed by atoms with Crippen molar-refractivity contribution in [3.63, 3.8) is 0 Å². The lowest BCUT2D eigenvalue weighted by atomic mass is 10.0. The highest BCUT2D eigenvalue weighted by atomic mass is 16.6. The van der Waals surface area contributed by atoms with Gasteiger partial charge in [0.15, 0.2) is 0 Å². The van der Waals surface area contributed by atoms with Crippen LogP contribution >= 0.6 is 0 Å². The molecule has 2 fully saturated rings. The first-order chi connectivity index (χ1) is 12.0. The molecule has 6 nitrogen and oxygen atoms in total. The van der Waals surface area contributed by atoms with Crippen molar-refractivity contribution in [1.82, 2.24) is 9.80 Å². The van der Waals surface area contributed by atoms with E-state index in [0.29, 0.717) is 23.7 Å². The van der Waals surface area contributed by atoms with Crippen LogP contribution in [0.25, 0.3) is 0 Å². The second kappa shape index (κ2) is 7.52. The number of rotatable bonds is 4. The van der Waals surface area contributed by atoms with Crippen LogP contribution in [0.2, 0.25) is 0 Å². The summed E-state index contributed by atoms with van der Waals surface area (Å²) in [4.78, 5) is 28.0. The molecule has 3 rings (SSSR count). The van der Waals surface area contributed by atoms with Crippen molar-refractivity contribution < 1.29 is 9.72 Å². The first-order valence-corrected chi connectivity index (χ1v) is 9.25.